The third-order valence-electron chi connectivity index (χ3n) is 3.82. The zero-order valence-electron chi connectivity index (χ0n) is 15.3. The fraction of sp³-hybridized carbons (Fsp3) is 0.150. The average Bonchev–Trinajstić information content (AvgIpc) is 3.10. The minimum absolute atomic E-state index is 0.128. The van der Waals surface area contributed by atoms with Crippen LogP contribution >= 0.6 is 27.7 Å². The molecule has 0 saturated carbocycles. The molecule has 144 valence electrons. The highest BCUT2D eigenvalue weighted by atomic mass is 79.9. The van der Waals surface area contributed by atoms with Crippen molar-refractivity contribution >= 4 is 39.3 Å². The molecule has 2 aromatic carbocycles. The van der Waals surface area contributed by atoms with E-state index < -0.39 is 0 Å². The molecule has 28 heavy (non-hydrogen) atoms. The van der Waals surface area contributed by atoms with Crippen LogP contribution in [0.5, 0.6) is 5.75 Å². The number of anilines is 1. The topological polar surface area (TPSA) is 69.0 Å². The number of nitrogens with zero attached hydrogens (tertiary/aromatic N) is 3. The summed E-state index contributed by atoms with van der Waals surface area (Å²) in [6.07, 6.45) is 1.78. The van der Waals surface area contributed by atoms with Gasteiger partial charge in [0.1, 0.15) is 5.75 Å². The summed E-state index contributed by atoms with van der Waals surface area (Å²) in [5.41, 5.74) is 1.64. The van der Waals surface area contributed by atoms with Gasteiger partial charge in [0.25, 0.3) is 0 Å². The van der Waals surface area contributed by atoms with Crippen LogP contribution in [0.2, 0.25) is 0 Å². The number of benzene rings is 2. The first-order valence-corrected chi connectivity index (χ1v) is 10.3. The summed E-state index contributed by atoms with van der Waals surface area (Å²) in [7, 11) is 1.59. The van der Waals surface area contributed by atoms with E-state index in [1.807, 2.05) is 47.0 Å². The molecular formula is C20H19BrN4O2S. The van der Waals surface area contributed by atoms with E-state index >= 15 is 0 Å². The Hall–Kier alpha value is -2.58. The number of rotatable bonds is 8. The minimum atomic E-state index is -0.128. The number of nitrogens with one attached hydrogen (secondary N) is 1. The maximum absolute atomic E-state index is 12.3. The Balaban J connectivity index is 1.70. The Bertz CT molecular complexity index is 973. The fourth-order valence-electron chi connectivity index (χ4n) is 2.53. The molecule has 1 N–H and O–H groups in total. The number of carbonyl (C=O) groups is 1. The van der Waals surface area contributed by atoms with Gasteiger partial charge in [0.2, 0.25) is 5.91 Å². The number of thioether (sulfide) groups is 1. The van der Waals surface area contributed by atoms with Gasteiger partial charge in [0.05, 0.1) is 12.9 Å². The predicted octanol–water partition coefficient (Wildman–Crippen LogP) is 4.63. The Morgan fingerprint density at radius 2 is 2.07 bits per heavy atom. The maximum atomic E-state index is 12.3. The van der Waals surface area contributed by atoms with E-state index in [9.17, 15) is 4.79 Å². The number of aromatic nitrogens is 3. The summed E-state index contributed by atoms with van der Waals surface area (Å²) in [4.78, 5) is 12.3. The molecule has 0 radical (unpaired) electrons. The Labute approximate surface area is 176 Å². The summed E-state index contributed by atoms with van der Waals surface area (Å²) < 4.78 is 8.11. The number of carbonyl (C=O) groups excluding carboxylic acids is 1. The third kappa shape index (κ3) is 5.02. The van der Waals surface area contributed by atoms with Crippen LogP contribution in [0, 0.1) is 0 Å². The van der Waals surface area contributed by atoms with Crippen molar-refractivity contribution in [2.45, 2.75) is 11.7 Å². The van der Waals surface area contributed by atoms with Crippen LogP contribution in [-0.4, -0.2) is 33.5 Å². The van der Waals surface area contributed by atoms with E-state index in [4.69, 9.17) is 4.74 Å². The Kier molecular flexibility index (Phi) is 6.89. The standard InChI is InChI=1S/C20H19BrN4O2S/c1-3-11-25-19(14-7-9-15(21)10-8-14)23-24-20(25)28-13-18(26)22-16-5-4-6-17(12-16)27-2/h3-10,12H,1,11,13H2,2H3,(H,22,26). The van der Waals surface area contributed by atoms with Crippen molar-refractivity contribution in [3.05, 3.63) is 65.7 Å². The summed E-state index contributed by atoms with van der Waals surface area (Å²) >= 11 is 4.77. The van der Waals surface area contributed by atoms with Crippen LogP contribution in [0.1, 0.15) is 0 Å². The largest absolute Gasteiger partial charge is 0.497 e. The predicted molar refractivity (Wildman–Crippen MR) is 116 cm³/mol. The molecule has 3 aromatic rings. The molecule has 0 aliphatic carbocycles. The lowest BCUT2D eigenvalue weighted by Gasteiger charge is -2.09. The first kappa shape index (κ1) is 20.2. The van der Waals surface area contributed by atoms with E-state index in [0.717, 1.165) is 15.9 Å². The highest BCUT2D eigenvalue weighted by molar-refractivity contribution is 9.10. The van der Waals surface area contributed by atoms with E-state index in [1.165, 1.54) is 11.8 Å². The van der Waals surface area contributed by atoms with Gasteiger partial charge in [0.15, 0.2) is 11.0 Å². The second-order valence-corrected chi connectivity index (χ2v) is 7.64. The number of halogens is 1. The number of hydrogen-bond acceptors (Lipinski definition) is 5. The molecule has 1 aromatic heterocycles. The van der Waals surface area contributed by atoms with Gasteiger partial charge in [-0.15, -0.1) is 16.8 Å². The van der Waals surface area contributed by atoms with Crippen LogP contribution < -0.4 is 10.1 Å². The molecule has 0 aliphatic heterocycles. The number of amides is 1. The first-order chi connectivity index (χ1) is 13.6. The number of allylic oxidation sites excluding steroid dienone is 1. The van der Waals surface area contributed by atoms with Gasteiger partial charge >= 0.3 is 0 Å². The van der Waals surface area contributed by atoms with Crippen LogP contribution in [-0.2, 0) is 11.3 Å². The third-order valence-corrected chi connectivity index (χ3v) is 5.31. The lowest BCUT2D eigenvalue weighted by Crippen LogP contribution is -2.14. The Morgan fingerprint density at radius 1 is 1.29 bits per heavy atom. The van der Waals surface area contributed by atoms with Gasteiger partial charge in [-0.2, -0.15) is 0 Å². The molecule has 3 rings (SSSR count). The van der Waals surface area contributed by atoms with Gasteiger partial charge in [-0.25, -0.2) is 0 Å². The molecule has 0 unspecified atom stereocenters. The van der Waals surface area contributed by atoms with E-state index in [-0.39, 0.29) is 11.7 Å². The zero-order valence-corrected chi connectivity index (χ0v) is 17.7. The second-order valence-electron chi connectivity index (χ2n) is 5.78. The molecule has 6 nitrogen and oxygen atoms in total. The number of ether oxygens (including phenoxy) is 1. The summed E-state index contributed by atoms with van der Waals surface area (Å²) in [6.45, 7) is 4.36. The van der Waals surface area contributed by atoms with Crippen LogP contribution in [0.15, 0.2) is 70.8 Å². The molecule has 1 amide bonds. The minimum Gasteiger partial charge on any atom is -0.497 e. The van der Waals surface area contributed by atoms with Crippen molar-refractivity contribution in [2.24, 2.45) is 0 Å². The van der Waals surface area contributed by atoms with Crippen molar-refractivity contribution in [1.29, 1.82) is 0 Å². The van der Waals surface area contributed by atoms with Gasteiger partial charge in [-0.3, -0.25) is 9.36 Å². The number of methoxy groups -OCH3 is 1. The summed E-state index contributed by atoms with van der Waals surface area (Å²) in [5.74, 6) is 1.52. The lowest BCUT2D eigenvalue weighted by atomic mass is 10.2. The average molecular weight is 459 g/mol. The molecule has 1 heterocycles. The van der Waals surface area contributed by atoms with Crippen LogP contribution in [0.4, 0.5) is 5.69 Å². The molecular weight excluding hydrogens is 440 g/mol. The lowest BCUT2D eigenvalue weighted by molar-refractivity contribution is -0.113. The molecule has 0 atom stereocenters. The van der Waals surface area contributed by atoms with Gasteiger partial charge < -0.3 is 10.1 Å². The summed E-state index contributed by atoms with van der Waals surface area (Å²) in [6, 6.07) is 15.1. The molecule has 0 saturated heterocycles. The SMILES string of the molecule is C=CCn1c(SCC(=O)Nc2cccc(OC)c2)nnc1-c1ccc(Br)cc1. The number of hydrogen-bond donors (Lipinski definition) is 1. The van der Waals surface area contributed by atoms with Crippen molar-refractivity contribution in [3.63, 3.8) is 0 Å². The second kappa shape index (κ2) is 9.57. The van der Waals surface area contributed by atoms with Crippen molar-refractivity contribution < 1.29 is 9.53 Å². The van der Waals surface area contributed by atoms with Gasteiger partial charge in [0, 0.05) is 28.3 Å². The van der Waals surface area contributed by atoms with Crippen LogP contribution in [0.25, 0.3) is 11.4 Å². The van der Waals surface area contributed by atoms with E-state index in [0.29, 0.717) is 23.1 Å². The quantitative estimate of drug-likeness (QED) is 0.393. The smallest absolute Gasteiger partial charge is 0.234 e. The summed E-state index contributed by atoms with van der Waals surface area (Å²) in [5, 5.41) is 12.1. The van der Waals surface area contributed by atoms with Crippen LogP contribution in [0.3, 0.4) is 0 Å². The Morgan fingerprint density at radius 3 is 2.79 bits per heavy atom. The molecule has 0 aliphatic rings. The highest BCUT2D eigenvalue weighted by Crippen LogP contribution is 2.25. The van der Waals surface area contributed by atoms with E-state index in [2.05, 4.69) is 38.0 Å². The molecule has 8 heteroatoms. The van der Waals surface area contributed by atoms with Gasteiger partial charge in [-0.1, -0.05) is 52.0 Å². The van der Waals surface area contributed by atoms with Crippen molar-refractivity contribution in [1.82, 2.24) is 14.8 Å². The van der Waals surface area contributed by atoms with E-state index in [1.54, 1.807) is 19.3 Å². The normalized spacial score (nSPS) is 10.5. The highest BCUT2D eigenvalue weighted by Gasteiger charge is 2.15. The van der Waals surface area contributed by atoms with Gasteiger partial charge in [-0.05, 0) is 24.3 Å². The van der Waals surface area contributed by atoms with Crippen molar-refractivity contribution in [3.8, 4) is 17.1 Å². The molecule has 0 fully saturated rings. The molecule has 0 spiro atoms. The fourth-order valence-corrected chi connectivity index (χ4v) is 3.54. The first-order valence-electron chi connectivity index (χ1n) is 8.47. The molecule has 0 bridgehead atoms. The monoisotopic (exact) mass is 458 g/mol. The maximum Gasteiger partial charge on any atom is 0.234 e. The van der Waals surface area contributed by atoms with Crippen molar-refractivity contribution in [2.75, 3.05) is 18.2 Å². The zero-order chi connectivity index (χ0) is 19.9.